The van der Waals surface area contributed by atoms with Crippen molar-refractivity contribution in [2.75, 3.05) is 13.1 Å². The molecule has 1 fully saturated rings. The van der Waals surface area contributed by atoms with Crippen LogP contribution in [0.4, 0.5) is 14.5 Å². The monoisotopic (exact) mass is 329 g/mol. The Morgan fingerprint density at radius 1 is 1.52 bits per heavy atom. The van der Waals surface area contributed by atoms with Crippen LogP contribution < -0.4 is 10.5 Å². The summed E-state index contributed by atoms with van der Waals surface area (Å²) in [5.41, 5.74) is 6.22. The van der Waals surface area contributed by atoms with Crippen LogP contribution in [0.2, 0.25) is 0 Å². The Kier molecular flexibility index (Phi) is 5.16. The molecule has 6 nitrogen and oxygen atoms in total. The Balaban J connectivity index is 2.22. The minimum atomic E-state index is -2.97. The summed E-state index contributed by atoms with van der Waals surface area (Å²) in [6.07, 6.45) is 0.785. The average molecular weight is 329 g/mol. The summed E-state index contributed by atoms with van der Waals surface area (Å²) in [6, 6.07) is 3.75. The first-order valence-corrected chi connectivity index (χ1v) is 7.39. The third kappa shape index (κ3) is 4.35. The fourth-order valence-electron chi connectivity index (χ4n) is 2.87. The quantitative estimate of drug-likeness (QED) is 0.663. The molecule has 1 atom stereocenters. The number of non-ortho nitro benzene ring substituents is 1. The lowest BCUT2D eigenvalue weighted by molar-refractivity contribution is -0.385. The van der Waals surface area contributed by atoms with Gasteiger partial charge in [0.05, 0.1) is 4.92 Å². The summed E-state index contributed by atoms with van der Waals surface area (Å²) in [4.78, 5) is 12.4. The van der Waals surface area contributed by atoms with Gasteiger partial charge in [-0.05, 0) is 17.9 Å². The Hall–Kier alpha value is -1.80. The molecule has 2 rings (SSSR count). The van der Waals surface area contributed by atoms with E-state index in [1.54, 1.807) is 0 Å². The number of nitrogens with zero attached hydrogens (tertiary/aromatic N) is 2. The van der Waals surface area contributed by atoms with Crippen LogP contribution in [0.1, 0.15) is 25.8 Å². The van der Waals surface area contributed by atoms with Crippen molar-refractivity contribution in [3.63, 3.8) is 0 Å². The van der Waals surface area contributed by atoms with Crippen LogP contribution in [0.25, 0.3) is 0 Å². The van der Waals surface area contributed by atoms with Gasteiger partial charge in [0.1, 0.15) is 5.75 Å². The second kappa shape index (κ2) is 6.76. The molecule has 1 aliphatic heterocycles. The zero-order valence-corrected chi connectivity index (χ0v) is 13.2. The van der Waals surface area contributed by atoms with Crippen molar-refractivity contribution >= 4 is 5.69 Å². The third-order valence-corrected chi connectivity index (χ3v) is 4.26. The molecular weight excluding hydrogens is 308 g/mol. The van der Waals surface area contributed by atoms with E-state index >= 15 is 0 Å². The fraction of sp³-hybridized carbons (Fsp3) is 0.600. The molecule has 0 amide bonds. The van der Waals surface area contributed by atoms with Gasteiger partial charge in [0, 0.05) is 43.4 Å². The number of nitro groups is 1. The fourth-order valence-corrected chi connectivity index (χ4v) is 2.87. The van der Waals surface area contributed by atoms with Crippen molar-refractivity contribution in [2.24, 2.45) is 11.1 Å². The number of nitrogens with two attached hydrogens (primary N) is 1. The Labute approximate surface area is 133 Å². The molecule has 1 saturated heterocycles. The van der Waals surface area contributed by atoms with Gasteiger partial charge in [-0.1, -0.05) is 13.8 Å². The first-order valence-electron chi connectivity index (χ1n) is 7.39. The number of rotatable bonds is 5. The molecule has 23 heavy (non-hydrogen) atoms. The zero-order valence-electron chi connectivity index (χ0n) is 13.2. The van der Waals surface area contributed by atoms with Gasteiger partial charge in [-0.2, -0.15) is 8.78 Å². The number of halogens is 2. The van der Waals surface area contributed by atoms with Gasteiger partial charge in [0.25, 0.3) is 5.69 Å². The lowest BCUT2D eigenvalue weighted by Gasteiger charge is -2.42. The topological polar surface area (TPSA) is 81.6 Å². The number of piperidine rings is 1. The summed E-state index contributed by atoms with van der Waals surface area (Å²) in [5.74, 6) is -0.0294. The van der Waals surface area contributed by atoms with Gasteiger partial charge >= 0.3 is 6.61 Å². The van der Waals surface area contributed by atoms with E-state index in [0.717, 1.165) is 12.5 Å². The van der Waals surface area contributed by atoms with Crippen molar-refractivity contribution in [3.8, 4) is 5.75 Å². The van der Waals surface area contributed by atoms with Crippen LogP contribution in [0.15, 0.2) is 18.2 Å². The van der Waals surface area contributed by atoms with E-state index in [9.17, 15) is 18.9 Å². The predicted octanol–water partition coefficient (Wildman–Crippen LogP) is 2.76. The maximum atomic E-state index is 12.5. The van der Waals surface area contributed by atoms with E-state index in [0.29, 0.717) is 25.2 Å². The van der Waals surface area contributed by atoms with Crippen LogP contribution in [0, 0.1) is 15.5 Å². The van der Waals surface area contributed by atoms with Crippen molar-refractivity contribution < 1.29 is 18.4 Å². The summed E-state index contributed by atoms with van der Waals surface area (Å²) < 4.78 is 29.5. The number of benzene rings is 1. The highest BCUT2D eigenvalue weighted by atomic mass is 19.3. The summed E-state index contributed by atoms with van der Waals surface area (Å²) in [7, 11) is 0. The highest BCUT2D eigenvalue weighted by Gasteiger charge is 2.33. The van der Waals surface area contributed by atoms with Crippen molar-refractivity contribution in [3.05, 3.63) is 33.9 Å². The van der Waals surface area contributed by atoms with Crippen molar-refractivity contribution in [2.45, 2.75) is 39.5 Å². The highest BCUT2D eigenvalue weighted by Crippen LogP contribution is 2.32. The summed E-state index contributed by atoms with van der Waals surface area (Å²) in [5, 5.41) is 10.9. The van der Waals surface area contributed by atoms with Gasteiger partial charge in [0.15, 0.2) is 0 Å². The van der Waals surface area contributed by atoms with Crippen molar-refractivity contribution in [1.29, 1.82) is 0 Å². The first-order chi connectivity index (χ1) is 10.7. The summed E-state index contributed by atoms with van der Waals surface area (Å²) >= 11 is 0. The minimum absolute atomic E-state index is 0.0294. The molecule has 1 aromatic carbocycles. The molecule has 8 heteroatoms. The smallest absolute Gasteiger partial charge is 0.387 e. The summed E-state index contributed by atoms with van der Waals surface area (Å²) in [6.45, 7) is 2.83. The normalized spacial score (nSPS) is 21.4. The van der Waals surface area contributed by atoms with Crippen molar-refractivity contribution in [1.82, 2.24) is 4.90 Å². The zero-order chi connectivity index (χ0) is 17.2. The molecule has 0 bridgehead atoms. The third-order valence-electron chi connectivity index (χ3n) is 4.26. The number of hydrogen-bond donors (Lipinski definition) is 1. The molecule has 0 radical (unpaired) electrons. The lowest BCUT2D eigenvalue weighted by atomic mass is 9.79. The number of alkyl halides is 2. The molecule has 2 N–H and O–H groups in total. The Bertz CT molecular complexity index is 581. The number of likely N-dealkylation sites (tertiary alicyclic amines) is 1. The van der Waals surface area contributed by atoms with Crippen LogP contribution in [0.3, 0.4) is 0 Å². The predicted molar refractivity (Wildman–Crippen MR) is 81.4 cm³/mol. The SMILES string of the molecule is CC1(C)CN(Cc2cc([N+](=O)[O-])ccc2OC(F)F)CCC1N. The van der Waals surface area contributed by atoms with E-state index in [1.165, 1.54) is 12.1 Å². The molecular formula is C15H21F2N3O3. The molecule has 128 valence electrons. The largest absolute Gasteiger partial charge is 0.434 e. The standard InChI is InChI=1S/C15H21F2N3O3/c1-15(2)9-19(6-5-13(15)18)8-10-7-11(20(21)22)3-4-12(10)23-14(16)17/h3-4,7,13-14H,5-6,8-9,18H2,1-2H3. The van der Waals surface area contributed by atoms with E-state index in [-0.39, 0.29) is 22.9 Å². The van der Waals surface area contributed by atoms with E-state index in [2.05, 4.69) is 9.64 Å². The van der Waals surface area contributed by atoms with Crippen LogP contribution in [-0.2, 0) is 6.54 Å². The van der Waals surface area contributed by atoms with Crippen LogP contribution in [-0.4, -0.2) is 35.6 Å². The highest BCUT2D eigenvalue weighted by molar-refractivity contribution is 5.43. The molecule has 0 saturated carbocycles. The van der Waals surface area contributed by atoms with Gasteiger partial charge in [-0.25, -0.2) is 0 Å². The average Bonchev–Trinajstić information content (AvgIpc) is 2.43. The van der Waals surface area contributed by atoms with Gasteiger partial charge in [0.2, 0.25) is 0 Å². The number of nitro benzene ring substituents is 1. The van der Waals surface area contributed by atoms with E-state index in [4.69, 9.17) is 5.73 Å². The van der Waals surface area contributed by atoms with Gasteiger partial charge in [-0.3, -0.25) is 15.0 Å². The number of ether oxygens (including phenoxy) is 1. The Morgan fingerprint density at radius 3 is 2.78 bits per heavy atom. The van der Waals surface area contributed by atoms with Gasteiger partial charge in [-0.15, -0.1) is 0 Å². The van der Waals surface area contributed by atoms with Crippen LogP contribution >= 0.6 is 0 Å². The molecule has 0 spiro atoms. The first kappa shape index (κ1) is 17.6. The molecule has 0 aromatic heterocycles. The Morgan fingerprint density at radius 2 is 2.22 bits per heavy atom. The van der Waals surface area contributed by atoms with Gasteiger partial charge < -0.3 is 10.5 Å². The second-order valence-corrected chi connectivity index (χ2v) is 6.52. The molecule has 1 heterocycles. The van der Waals surface area contributed by atoms with E-state index in [1.807, 2.05) is 13.8 Å². The minimum Gasteiger partial charge on any atom is -0.434 e. The lowest BCUT2D eigenvalue weighted by Crippen LogP contribution is -2.52. The molecule has 0 aliphatic carbocycles. The molecule has 1 aromatic rings. The molecule has 1 aliphatic rings. The molecule has 1 unspecified atom stereocenters. The maximum absolute atomic E-state index is 12.5. The van der Waals surface area contributed by atoms with E-state index < -0.39 is 11.5 Å². The maximum Gasteiger partial charge on any atom is 0.387 e. The number of hydrogen-bond acceptors (Lipinski definition) is 5. The van der Waals surface area contributed by atoms with Crippen LogP contribution in [0.5, 0.6) is 5.75 Å². The second-order valence-electron chi connectivity index (χ2n) is 6.52.